The van der Waals surface area contributed by atoms with Crippen LogP contribution in [0.3, 0.4) is 0 Å². The first-order valence-electron chi connectivity index (χ1n) is 8.84. The van der Waals surface area contributed by atoms with Crippen LogP contribution in [-0.2, 0) is 16.1 Å². The third kappa shape index (κ3) is 6.92. The van der Waals surface area contributed by atoms with Crippen LogP contribution >= 0.6 is 47.2 Å². The summed E-state index contributed by atoms with van der Waals surface area (Å²) in [5.41, 5.74) is 1.71. The number of halogens is 4. The monoisotopic (exact) mass is 479 g/mol. The smallest absolute Gasteiger partial charge is 0.304 e. The molecule has 9 heteroatoms. The molecule has 158 valence electrons. The Hall–Kier alpha value is -1.21. The van der Waals surface area contributed by atoms with Crippen molar-refractivity contribution in [3.63, 3.8) is 0 Å². The molecule has 1 fully saturated rings. The first kappa shape index (κ1) is 24.1. The van der Waals surface area contributed by atoms with Crippen molar-refractivity contribution < 1.29 is 19.4 Å². The van der Waals surface area contributed by atoms with Crippen molar-refractivity contribution in [3.8, 4) is 5.75 Å². The van der Waals surface area contributed by atoms with Crippen LogP contribution in [0.1, 0.15) is 23.7 Å². The Morgan fingerprint density at radius 3 is 2.45 bits per heavy atom. The summed E-state index contributed by atoms with van der Waals surface area (Å²) < 4.78 is 11.6. The van der Waals surface area contributed by atoms with Gasteiger partial charge in [-0.1, -0.05) is 46.9 Å². The summed E-state index contributed by atoms with van der Waals surface area (Å²) in [5, 5.41) is 10.3. The van der Waals surface area contributed by atoms with Gasteiger partial charge in [0.1, 0.15) is 12.4 Å². The maximum atomic E-state index is 10.8. The maximum absolute atomic E-state index is 10.8. The van der Waals surface area contributed by atoms with Crippen molar-refractivity contribution in [2.75, 3.05) is 26.2 Å². The van der Waals surface area contributed by atoms with Crippen LogP contribution in [0.4, 0.5) is 0 Å². The van der Waals surface area contributed by atoms with Crippen LogP contribution in [0, 0.1) is 0 Å². The number of hydrogen-bond acceptors (Lipinski definition) is 4. The number of benzene rings is 2. The molecule has 3 rings (SSSR count). The van der Waals surface area contributed by atoms with Crippen molar-refractivity contribution in [2.24, 2.45) is 0 Å². The molecule has 1 heterocycles. The second-order valence-electron chi connectivity index (χ2n) is 6.51. The van der Waals surface area contributed by atoms with E-state index in [4.69, 9.17) is 49.4 Å². The van der Waals surface area contributed by atoms with E-state index in [0.717, 1.165) is 12.1 Å². The number of carboxylic acid groups (broad SMARTS) is 1. The van der Waals surface area contributed by atoms with Gasteiger partial charge < -0.3 is 14.6 Å². The van der Waals surface area contributed by atoms with Crippen molar-refractivity contribution in [1.82, 2.24) is 4.90 Å². The molecule has 1 N–H and O–H groups in total. The van der Waals surface area contributed by atoms with Crippen LogP contribution in [0.15, 0.2) is 36.4 Å². The highest BCUT2D eigenvalue weighted by atomic mass is 35.5. The van der Waals surface area contributed by atoms with E-state index >= 15 is 0 Å². The Kier molecular flexibility index (Phi) is 9.34. The molecule has 2 aromatic rings. The fourth-order valence-corrected chi connectivity index (χ4v) is 3.93. The van der Waals surface area contributed by atoms with Gasteiger partial charge in [-0.3, -0.25) is 9.69 Å². The molecule has 1 unspecified atom stereocenters. The second-order valence-corrected chi connectivity index (χ2v) is 7.76. The van der Waals surface area contributed by atoms with E-state index in [0.29, 0.717) is 46.1 Å². The van der Waals surface area contributed by atoms with E-state index in [-0.39, 0.29) is 31.5 Å². The van der Waals surface area contributed by atoms with E-state index < -0.39 is 5.97 Å². The first-order chi connectivity index (χ1) is 13.4. The highest BCUT2D eigenvalue weighted by Gasteiger charge is 2.22. The molecule has 1 saturated heterocycles. The molecule has 1 atom stereocenters. The Bertz CT molecular complexity index is 809. The Morgan fingerprint density at radius 1 is 1.17 bits per heavy atom. The van der Waals surface area contributed by atoms with Crippen LogP contribution in [-0.4, -0.2) is 42.2 Å². The summed E-state index contributed by atoms with van der Waals surface area (Å²) in [6.45, 7) is 2.75. The fraction of sp³-hybridized carbons (Fsp3) is 0.350. The third-order valence-electron chi connectivity index (χ3n) is 4.53. The highest BCUT2D eigenvalue weighted by molar-refractivity contribution is 6.39. The fourth-order valence-electron chi connectivity index (χ4n) is 3.01. The van der Waals surface area contributed by atoms with Crippen LogP contribution < -0.4 is 4.74 Å². The quantitative estimate of drug-likeness (QED) is 0.567. The molecule has 1 aliphatic heterocycles. The van der Waals surface area contributed by atoms with Crippen LogP contribution in [0.25, 0.3) is 0 Å². The molecule has 0 spiro atoms. The Labute approximate surface area is 190 Å². The van der Waals surface area contributed by atoms with Gasteiger partial charge in [-0.25, -0.2) is 0 Å². The number of morpholine rings is 1. The maximum Gasteiger partial charge on any atom is 0.304 e. The number of rotatable bonds is 7. The van der Waals surface area contributed by atoms with E-state index in [1.165, 1.54) is 0 Å². The molecule has 0 amide bonds. The lowest BCUT2D eigenvalue weighted by atomic mass is 10.1. The van der Waals surface area contributed by atoms with Gasteiger partial charge in [-0.15, -0.1) is 12.4 Å². The topological polar surface area (TPSA) is 59.0 Å². The van der Waals surface area contributed by atoms with Crippen molar-refractivity contribution in [2.45, 2.75) is 19.1 Å². The number of nitrogens with zero attached hydrogens (tertiary/aromatic N) is 1. The van der Waals surface area contributed by atoms with E-state index in [1.807, 2.05) is 24.3 Å². The molecule has 1 aliphatic rings. The largest absolute Gasteiger partial charge is 0.489 e. The van der Waals surface area contributed by atoms with E-state index in [2.05, 4.69) is 4.90 Å². The van der Waals surface area contributed by atoms with Crippen LogP contribution in [0.5, 0.6) is 5.75 Å². The molecule has 0 saturated carbocycles. The lowest BCUT2D eigenvalue weighted by molar-refractivity contribution is -0.137. The van der Waals surface area contributed by atoms with E-state index in [9.17, 15) is 4.79 Å². The third-order valence-corrected chi connectivity index (χ3v) is 5.43. The summed E-state index contributed by atoms with van der Waals surface area (Å²) in [6, 6.07) is 10.9. The van der Waals surface area contributed by atoms with Gasteiger partial charge in [0.05, 0.1) is 29.2 Å². The SMILES string of the molecule is Cl.O=C(O)CCN1CCOC(c2ccc(OCc3c(Cl)cc(Cl)cc3Cl)cc2)C1. The van der Waals surface area contributed by atoms with Crippen molar-refractivity contribution in [3.05, 3.63) is 62.6 Å². The molecule has 0 radical (unpaired) electrons. The summed E-state index contributed by atoms with van der Waals surface area (Å²) in [7, 11) is 0. The van der Waals surface area contributed by atoms with Crippen molar-refractivity contribution in [1.29, 1.82) is 0 Å². The van der Waals surface area contributed by atoms with Gasteiger partial charge in [0.15, 0.2) is 0 Å². The molecule has 2 aromatic carbocycles. The minimum Gasteiger partial charge on any atom is -0.489 e. The minimum absolute atomic E-state index is 0. The summed E-state index contributed by atoms with van der Waals surface area (Å²) in [6.07, 6.45) is 0.0479. The summed E-state index contributed by atoms with van der Waals surface area (Å²) >= 11 is 18.3. The Balaban J connectivity index is 0.00000300. The minimum atomic E-state index is -0.787. The van der Waals surface area contributed by atoms with Gasteiger partial charge in [0.2, 0.25) is 0 Å². The zero-order valence-corrected chi connectivity index (χ0v) is 18.5. The number of carbonyl (C=O) groups is 1. The van der Waals surface area contributed by atoms with Crippen molar-refractivity contribution >= 4 is 53.2 Å². The van der Waals surface area contributed by atoms with Gasteiger partial charge in [0, 0.05) is 30.2 Å². The second kappa shape index (κ2) is 11.3. The Morgan fingerprint density at radius 2 is 1.83 bits per heavy atom. The van der Waals surface area contributed by atoms with Gasteiger partial charge in [-0.2, -0.15) is 0 Å². The average molecular weight is 481 g/mol. The zero-order chi connectivity index (χ0) is 20.1. The lowest BCUT2D eigenvalue weighted by Crippen LogP contribution is -2.39. The molecule has 5 nitrogen and oxygen atoms in total. The highest BCUT2D eigenvalue weighted by Crippen LogP contribution is 2.30. The molecule has 0 bridgehead atoms. The standard InChI is InChI=1S/C20H20Cl3NO4.ClH/c21-14-9-17(22)16(18(23)10-14)12-28-15-3-1-13(2-4-15)19-11-24(7-8-27-19)6-5-20(25)26;/h1-4,9-10,19H,5-8,11-12H2,(H,25,26);1H. The number of carboxylic acids is 1. The number of hydrogen-bond donors (Lipinski definition) is 1. The molecule has 0 aliphatic carbocycles. The lowest BCUT2D eigenvalue weighted by Gasteiger charge is -2.32. The zero-order valence-electron chi connectivity index (χ0n) is 15.4. The van der Waals surface area contributed by atoms with Gasteiger partial charge >= 0.3 is 5.97 Å². The van der Waals surface area contributed by atoms with E-state index in [1.54, 1.807) is 12.1 Å². The number of aliphatic carboxylic acids is 1. The molecule has 29 heavy (non-hydrogen) atoms. The predicted octanol–water partition coefficient (Wildman–Crippen LogP) is 5.50. The molecule has 0 aromatic heterocycles. The number of ether oxygens (including phenoxy) is 2. The van der Waals surface area contributed by atoms with Crippen LogP contribution in [0.2, 0.25) is 15.1 Å². The first-order valence-corrected chi connectivity index (χ1v) is 9.97. The average Bonchev–Trinajstić information content (AvgIpc) is 2.66. The van der Waals surface area contributed by atoms with Gasteiger partial charge in [-0.05, 0) is 29.8 Å². The molecular formula is C20H21Cl4NO4. The van der Waals surface area contributed by atoms with Gasteiger partial charge in [0.25, 0.3) is 0 Å². The predicted molar refractivity (Wildman–Crippen MR) is 117 cm³/mol. The normalized spacial score (nSPS) is 16.9. The summed E-state index contributed by atoms with van der Waals surface area (Å²) in [5.74, 6) is -0.102. The molecular weight excluding hydrogens is 460 g/mol. The summed E-state index contributed by atoms with van der Waals surface area (Å²) in [4.78, 5) is 12.9.